The molecule has 124 valence electrons. The van der Waals surface area contributed by atoms with Gasteiger partial charge in [0.1, 0.15) is 5.75 Å². The zero-order valence-corrected chi connectivity index (χ0v) is 13.3. The van der Waals surface area contributed by atoms with Gasteiger partial charge in [0, 0.05) is 24.9 Å². The summed E-state index contributed by atoms with van der Waals surface area (Å²) >= 11 is 0. The Bertz CT molecular complexity index is 779. The Hall–Kier alpha value is -2.50. The van der Waals surface area contributed by atoms with Crippen LogP contribution in [0.4, 0.5) is 0 Å². The van der Waals surface area contributed by atoms with Crippen molar-refractivity contribution >= 4 is 16.9 Å². The molecule has 0 aliphatic heterocycles. The molecule has 0 saturated heterocycles. The molecule has 0 aliphatic carbocycles. The van der Waals surface area contributed by atoms with E-state index in [1.54, 1.807) is 0 Å². The highest BCUT2D eigenvalue weighted by Gasteiger charge is 2.19. The summed E-state index contributed by atoms with van der Waals surface area (Å²) in [4.78, 5) is 23.8. The van der Waals surface area contributed by atoms with E-state index in [9.17, 15) is 19.8 Å². The lowest BCUT2D eigenvalue weighted by molar-refractivity contribution is -0.132. The first-order valence-corrected chi connectivity index (χ1v) is 7.72. The SMILES string of the molecule is CCCCCCn1c(=O)c(OC(C)=O)c(O)c2ccc(O)cc21. The van der Waals surface area contributed by atoms with Crippen LogP contribution in [-0.4, -0.2) is 20.7 Å². The van der Waals surface area contributed by atoms with E-state index in [2.05, 4.69) is 6.92 Å². The number of pyridine rings is 1. The maximum absolute atomic E-state index is 12.6. The first kappa shape index (κ1) is 16.9. The number of unbranched alkanes of at least 4 members (excludes halogenated alkanes) is 3. The summed E-state index contributed by atoms with van der Waals surface area (Å²) in [6.07, 6.45) is 3.88. The Morgan fingerprint density at radius 1 is 1.22 bits per heavy atom. The Morgan fingerprint density at radius 2 is 1.96 bits per heavy atom. The van der Waals surface area contributed by atoms with E-state index >= 15 is 0 Å². The van der Waals surface area contributed by atoms with E-state index in [1.807, 2.05) is 0 Å². The molecule has 6 heteroatoms. The van der Waals surface area contributed by atoms with Crippen molar-refractivity contribution in [3.8, 4) is 17.2 Å². The third-order valence-electron chi connectivity index (χ3n) is 3.66. The number of phenols is 1. The molecule has 2 N–H and O–H groups in total. The van der Waals surface area contributed by atoms with Gasteiger partial charge < -0.3 is 19.5 Å². The standard InChI is InChI=1S/C17H21NO5/c1-3-4-5-6-9-18-14-10-12(20)7-8-13(14)15(21)16(17(18)22)23-11(2)19/h7-8,10,20-21H,3-6,9H2,1-2H3. The molecule has 0 aliphatic rings. The van der Waals surface area contributed by atoms with Gasteiger partial charge in [-0.2, -0.15) is 0 Å². The first-order valence-electron chi connectivity index (χ1n) is 7.72. The summed E-state index contributed by atoms with van der Waals surface area (Å²) < 4.78 is 6.33. The van der Waals surface area contributed by atoms with Crippen molar-refractivity contribution in [2.75, 3.05) is 0 Å². The fourth-order valence-electron chi connectivity index (χ4n) is 2.55. The number of hydrogen-bond acceptors (Lipinski definition) is 5. The normalized spacial score (nSPS) is 10.9. The van der Waals surface area contributed by atoms with Gasteiger partial charge in [-0.1, -0.05) is 26.2 Å². The summed E-state index contributed by atoms with van der Waals surface area (Å²) in [5, 5.41) is 20.3. The monoisotopic (exact) mass is 319 g/mol. The molecule has 0 unspecified atom stereocenters. The van der Waals surface area contributed by atoms with Gasteiger partial charge in [0.25, 0.3) is 5.56 Å². The van der Waals surface area contributed by atoms with E-state index in [-0.39, 0.29) is 17.2 Å². The van der Waals surface area contributed by atoms with Crippen molar-refractivity contribution in [1.82, 2.24) is 4.57 Å². The average molecular weight is 319 g/mol. The second kappa shape index (κ2) is 7.17. The van der Waals surface area contributed by atoms with Crippen LogP contribution in [0.1, 0.15) is 39.5 Å². The molecule has 2 rings (SSSR count). The molecule has 23 heavy (non-hydrogen) atoms. The van der Waals surface area contributed by atoms with E-state index in [4.69, 9.17) is 4.74 Å². The number of carbonyl (C=O) groups is 1. The van der Waals surface area contributed by atoms with Crippen molar-refractivity contribution in [3.63, 3.8) is 0 Å². The van der Waals surface area contributed by atoms with Crippen LogP contribution in [0.2, 0.25) is 0 Å². The number of fused-ring (bicyclic) bond motifs is 1. The van der Waals surface area contributed by atoms with Gasteiger partial charge in [-0.05, 0) is 18.6 Å². The van der Waals surface area contributed by atoms with Crippen LogP contribution < -0.4 is 10.3 Å². The van der Waals surface area contributed by atoms with Crippen molar-refractivity contribution < 1.29 is 19.7 Å². The molecule has 1 heterocycles. The largest absolute Gasteiger partial charge is 0.508 e. The topological polar surface area (TPSA) is 88.8 Å². The number of esters is 1. The molecule has 1 aromatic heterocycles. The predicted octanol–water partition coefficient (Wildman–Crippen LogP) is 2.92. The van der Waals surface area contributed by atoms with E-state index < -0.39 is 11.5 Å². The number of rotatable bonds is 6. The fraction of sp³-hybridized carbons (Fsp3) is 0.412. The van der Waals surface area contributed by atoms with Gasteiger partial charge in [0.2, 0.25) is 5.75 Å². The molecule has 0 fully saturated rings. The van der Waals surface area contributed by atoms with Gasteiger partial charge in [-0.15, -0.1) is 0 Å². The molecule has 6 nitrogen and oxygen atoms in total. The number of phenolic OH excluding ortho intramolecular Hbond substituents is 1. The van der Waals surface area contributed by atoms with Gasteiger partial charge in [0.05, 0.1) is 5.52 Å². The maximum Gasteiger partial charge on any atom is 0.308 e. The predicted molar refractivity (Wildman–Crippen MR) is 87.0 cm³/mol. The lowest BCUT2D eigenvalue weighted by Gasteiger charge is -2.14. The van der Waals surface area contributed by atoms with E-state index in [0.29, 0.717) is 17.4 Å². The maximum atomic E-state index is 12.6. The molecule has 0 bridgehead atoms. The Kier molecular flexibility index (Phi) is 5.26. The first-order chi connectivity index (χ1) is 11.0. The summed E-state index contributed by atoms with van der Waals surface area (Å²) in [5.74, 6) is -1.43. The van der Waals surface area contributed by atoms with Crippen molar-refractivity contribution in [2.45, 2.75) is 46.1 Å². The summed E-state index contributed by atoms with van der Waals surface area (Å²) in [7, 11) is 0. The minimum atomic E-state index is -0.673. The van der Waals surface area contributed by atoms with Crippen LogP contribution in [0.5, 0.6) is 17.2 Å². The lowest BCUT2D eigenvalue weighted by atomic mass is 10.1. The van der Waals surface area contributed by atoms with Crippen molar-refractivity contribution in [1.29, 1.82) is 0 Å². The number of hydrogen-bond donors (Lipinski definition) is 2. The molecular formula is C17H21NO5. The molecule has 0 spiro atoms. The molecule has 0 amide bonds. The highest BCUT2D eigenvalue weighted by atomic mass is 16.5. The molecule has 1 aromatic carbocycles. The molecule has 2 aromatic rings. The van der Waals surface area contributed by atoms with Gasteiger partial charge in [-0.3, -0.25) is 9.59 Å². The number of aromatic nitrogens is 1. The highest BCUT2D eigenvalue weighted by Crippen LogP contribution is 2.33. The van der Waals surface area contributed by atoms with Crippen LogP contribution in [0, 0.1) is 0 Å². The zero-order chi connectivity index (χ0) is 17.0. The number of nitrogens with zero attached hydrogens (tertiary/aromatic N) is 1. The Labute approximate surface area is 133 Å². The summed E-state index contributed by atoms with van der Waals surface area (Å²) in [6.45, 7) is 3.69. The van der Waals surface area contributed by atoms with Crippen LogP contribution in [0.15, 0.2) is 23.0 Å². The molecular weight excluding hydrogens is 298 g/mol. The number of benzene rings is 1. The highest BCUT2D eigenvalue weighted by molar-refractivity contribution is 5.89. The summed E-state index contributed by atoms with van der Waals surface area (Å²) in [6, 6.07) is 4.33. The van der Waals surface area contributed by atoms with E-state index in [0.717, 1.165) is 25.7 Å². The van der Waals surface area contributed by atoms with Gasteiger partial charge in [0.15, 0.2) is 5.75 Å². The molecule has 0 saturated carbocycles. The second-order valence-corrected chi connectivity index (χ2v) is 5.49. The van der Waals surface area contributed by atoms with E-state index in [1.165, 1.54) is 29.7 Å². The van der Waals surface area contributed by atoms with Crippen LogP contribution in [-0.2, 0) is 11.3 Å². The minimum Gasteiger partial charge on any atom is -0.508 e. The molecule has 0 atom stereocenters. The zero-order valence-electron chi connectivity index (χ0n) is 13.3. The summed E-state index contributed by atoms with van der Waals surface area (Å²) in [5.41, 5.74) is -0.160. The van der Waals surface area contributed by atoms with Crippen LogP contribution in [0.25, 0.3) is 10.9 Å². The third kappa shape index (κ3) is 3.64. The second-order valence-electron chi connectivity index (χ2n) is 5.49. The number of aromatic hydroxyl groups is 2. The fourth-order valence-corrected chi connectivity index (χ4v) is 2.55. The smallest absolute Gasteiger partial charge is 0.308 e. The third-order valence-corrected chi connectivity index (χ3v) is 3.66. The molecule has 0 radical (unpaired) electrons. The minimum absolute atomic E-state index is 0.00107. The lowest BCUT2D eigenvalue weighted by Crippen LogP contribution is -2.24. The number of ether oxygens (including phenoxy) is 1. The van der Waals surface area contributed by atoms with Crippen molar-refractivity contribution in [2.24, 2.45) is 0 Å². The van der Waals surface area contributed by atoms with Gasteiger partial charge in [-0.25, -0.2) is 0 Å². The van der Waals surface area contributed by atoms with Crippen LogP contribution >= 0.6 is 0 Å². The number of aryl methyl sites for hydroxylation is 1. The van der Waals surface area contributed by atoms with Crippen molar-refractivity contribution in [3.05, 3.63) is 28.6 Å². The quantitative estimate of drug-likeness (QED) is 0.631. The number of carbonyl (C=O) groups excluding carboxylic acids is 1. The average Bonchev–Trinajstić information content (AvgIpc) is 2.50. The van der Waals surface area contributed by atoms with Gasteiger partial charge >= 0.3 is 5.97 Å². The Balaban J connectivity index is 2.58. The van der Waals surface area contributed by atoms with Crippen LogP contribution in [0.3, 0.4) is 0 Å². The Morgan fingerprint density at radius 3 is 2.61 bits per heavy atom.